The van der Waals surface area contributed by atoms with E-state index in [1.165, 1.54) is 22.3 Å². The van der Waals surface area contributed by atoms with Crippen LogP contribution in [0.2, 0.25) is 0 Å². The van der Waals surface area contributed by atoms with E-state index >= 15 is 0 Å². The van der Waals surface area contributed by atoms with Crippen LogP contribution in [0, 0.1) is 0 Å². The molecule has 1 heterocycles. The topological polar surface area (TPSA) is 39.2 Å². The van der Waals surface area contributed by atoms with Gasteiger partial charge in [-0.3, -0.25) is 4.98 Å². The molecule has 0 bridgehead atoms. The summed E-state index contributed by atoms with van der Waals surface area (Å²) in [6.07, 6.45) is 2.51. The van der Waals surface area contributed by atoms with Crippen LogP contribution in [0.5, 0.6) is 0 Å². The van der Waals surface area contributed by atoms with Crippen LogP contribution < -0.4 is 0 Å². The fourth-order valence-electron chi connectivity index (χ4n) is 3.29. The van der Waals surface area contributed by atoms with Crippen molar-refractivity contribution in [3.63, 3.8) is 0 Å². The van der Waals surface area contributed by atoms with Gasteiger partial charge in [-0.25, -0.2) is 4.79 Å². The van der Waals surface area contributed by atoms with E-state index in [0.717, 1.165) is 17.7 Å². The second-order valence-electron chi connectivity index (χ2n) is 5.82. The summed E-state index contributed by atoms with van der Waals surface area (Å²) in [4.78, 5) is 16.3. The van der Waals surface area contributed by atoms with Crippen molar-refractivity contribution in [3.05, 3.63) is 77.5 Å². The molecule has 0 amide bonds. The second-order valence-corrected chi connectivity index (χ2v) is 5.82. The van der Waals surface area contributed by atoms with Gasteiger partial charge in [-0.05, 0) is 47.7 Å². The molecule has 0 atom stereocenters. The maximum atomic E-state index is 11.8. The Morgan fingerprint density at radius 1 is 1.00 bits per heavy atom. The molecule has 118 valence electrons. The Balaban J connectivity index is 1.73. The maximum absolute atomic E-state index is 11.8. The third-order valence-electron chi connectivity index (χ3n) is 4.40. The Labute approximate surface area is 140 Å². The van der Waals surface area contributed by atoms with Crippen LogP contribution in [-0.4, -0.2) is 17.6 Å². The van der Waals surface area contributed by atoms with E-state index in [2.05, 4.69) is 47.4 Å². The minimum atomic E-state index is -0.331. The number of aromatic nitrogens is 1. The number of nitrogens with zero attached hydrogens (tertiary/aromatic N) is 1. The number of pyridine rings is 1. The van der Waals surface area contributed by atoms with E-state index in [1.54, 1.807) is 19.2 Å². The number of hydrogen-bond acceptors (Lipinski definition) is 3. The Morgan fingerprint density at radius 3 is 2.58 bits per heavy atom. The molecule has 1 aliphatic rings. The zero-order valence-corrected chi connectivity index (χ0v) is 13.5. The summed E-state index contributed by atoms with van der Waals surface area (Å²) in [5.74, 6) is -0.331. The monoisotopic (exact) mass is 315 g/mol. The zero-order valence-electron chi connectivity index (χ0n) is 13.5. The van der Waals surface area contributed by atoms with Crippen molar-refractivity contribution in [3.8, 4) is 22.4 Å². The number of esters is 1. The molecule has 1 aromatic heterocycles. The normalized spacial score (nSPS) is 11.7. The first-order chi connectivity index (χ1) is 11.8. The third-order valence-corrected chi connectivity index (χ3v) is 4.40. The van der Waals surface area contributed by atoms with Crippen LogP contribution >= 0.6 is 0 Å². The average molecular weight is 315 g/mol. The minimum Gasteiger partial charge on any atom is -0.462 e. The zero-order chi connectivity index (χ0) is 16.5. The van der Waals surface area contributed by atoms with Gasteiger partial charge in [0.2, 0.25) is 0 Å². The molecule has 0 aliphatic heterocycles. The van der Waals surface area contributed by atoms with Crippen molar-refractivity contribution in [1.29, 1.82) is 0 Å². The highest BCUT2D eigenvalue weighted by Crippen LogP contribution is 2.40. The molecule has 3 nitrogen and oxygen atoms in total. The summed E-state index contributed by atoms with van der Waals surface area (Å²) in [6.45, 7) is 2.16. The number of carbonyl (C=O) groups is 1. The molecule has 3 aromatic rings. The Bertz CT molecular complexity index is 913. The van der Waals surface area contributed by atoms with E-state index in [0.29, 0.717) is 12.2 Å². The average Bonchev–Trinajstić information content (AvgIpc) is 3.01. The van der Waals surface area contributed by atoms with Crippen LogP contribution in [-0.2, 0) is 11.2 Å². The molecule has 0 unspecified atom stereocenters. The van der Waals surface area contributed by atoms with E-state index in [-0.39, 0.29) is 5.97 Å². The first-order valence-electron chi connectivity index (χ1n) is 8.11. The van der Waals surface area contributed by atoms with Gasteiger partial charge in [0.15, 0.2) is 0 Å². The smallest absolute Gasteiger partial charge is 0.339 e. The lowest BCUT2D eigenvalue weighted by atomic mass is 9.98. The molecule has 2 aromatic carbocycles. The van der Waals surface area contributed by atoms with Gasteiger partial charge in [-0.1, -0.05) is 42.5 Å². The van der Waals surface area contributed by atoms with E-state index in [1.807, 2.05) is 6.07 Å². The van der Waals surface area contributed by atoms with Gasteiger partial charge in [0.05, 0.1) is 17.9 Å². The fraction of sp³-hybridized carbons (Fsp3) is 0.143. The molecule has 0 spiro atoms. The predicted octanol–water partition coefficient (Wildman–Crippen LogP) is 4.50. The van der Waals surface area contributed by atoms with Gasteiger partial charge < -0.3 is 4.74 Å². The van der Waals surface area contributed by atoms with Crippen LogP contribution in [0.15, 0.2) is 60.8 Å². The largest absolute Gasteiger partial charge is 0.462 e. The summed E-state index contributed by atoms with van der Waals surface area (Å²) in [5.41, 5.74) is 7.72. The highest BCUT2D eigenvalue weighted by molar-refractivity contribution is 5.90. The van der Waals surface area contributed by atoms with Crippen LogP contribution in [0.4, 0.5) is 0 Å². The predicted molar refractivity (Wildman–Crippen MR) is 93.9 cm³/mol. The van der Waals surface area contributed by atoms with Gasteiger partial charge in [0.25, 0.3) is 0 Å². The van der Waals surface area contributed by atoms with Crippen molar-refractivity contribution in [1.82, 2.24) is 4.98 Å². The van der Waals surface area contributed by atoms with Crippen LogP contribution in [0.25, 0.3) is 22.4 Å². The van der Waals surface area contributed by atoms with Crippen LogP contribution in [0.3, 0.4) is 0 Å². The lowest BCUT2D eigenvalue weighted by molar-refractivity contribution is 0.0526. The van der Waals surface area contributed by atoms with Gasteiger partial charge in [-0.15, -0.1) is 0 Å². The minimum absolute atomic E-state index is 0.331. The van der Waals surface area contributed by atoms with Crippen molar-refractivity contribution < 1.29 is 9.53 Å². The summed E-state index contributed by atoms with van der Waals surface area (Å²) in [6, 6.07) is 18.5. The molecule has 1 aliphatic carbocycles. The summed E-state index contributed by atoms with van der Waals surface area (Å²) in [7, 11) is 0. The Hall–Kier alpha value is -2.94. The standard InChI is InChI=1S/C21H17NO2/c1-2-24-21(23)15-10-11-20(22-13-15)18-9-5-8-17-16-7-4-3-6-14(16)12-19(17)18/h3-11,13H,2,12H2,1H3. The summed E-state index contributed by atoms with van der Waals surface area (Å²) in [5, 5.41) is 0. The van der Waals surface area contributed by atoms with Crippen molar-refractivity contribution in [2.45, 2.75) is 13.3 Å². The fourth-order valence-corrected chi connectivity index (χ4v) is 3.29. The molecule has 3 heteroatoms. The molecule has 0 fully saturated rings. The summed E-state index contributed by atoms with van der Waals surface area (Å²) >= 11 is 0. The van der Waals surface area contributed by atoms with Crippen LogP contribution in [0.1, 0.15) is 28.4 Å². The SMILES string of the molecule is CCOC(=O)c1ccc(-c2cccc3c2Cc2ccccc2-3)nc1. The molecular formula is C21H17NO2. The van der Waals surface area contributed by atoms with Gasteiger partial charge in [0.1, 0.15) is 0 Å². The molecule has 0 radical (unpaired) electrons. The maximum Gasteiger partial charge on any atom is 0.339 e. The lowest BCUT2D eigenvalue weighted by Crippen LogP contribution is -2.05. The molecule has 0 saturated carbocycles. The first-order valence-corrected chi connectivity index (χ1v) is 8.11. The number of fused-ring (bicyclic) bond motifs is 3. The van der Waals surface area contributed by atoms with Gasteiger partial charge in [-0.2, -0.15) is 0 Å². The number of hydrogen-bond donors (Lipinski definition) is 0. The van der Waals surface area contributed by atoms with Gasteiger partial charge >= 0.3 is 5.97 Å². The second kappa shape index (κ2) is 5.93. The van der Waals surface area contributed by atoms with Crippen molar-refractivity contribution >= 4 is 5.97 Å². The van der Waals surface area contributed by atoms with Crippen molar-refractivity contribution in [2.75, 3.05) is 6.61 Å². The number of ether oxygens (including phenoxy) is 1. The number of rotatable bonds is 3. The lowest BCUT2D eigenvalue weighted by Gasteiger charge is -2.09. The Kier molecular flexibility index (Phi) is 3.62. The quantitative estimate of drug-likeness (QED) is 0.523. The molecule has 24 heavy (non-hydrogen) atoms. The number of carbonyl (C=O) groups excluding carboxylic acids is 1. The third kappa shape index (κ3) is 2.38. The Morgan fingerprint density at radius 2 is 1.79 bits per heavy atom. The highest BCUT2D eigenvalue weighted by Gasteiger charge is 2.21. The highest BCUT2D eigenvalue weighted by atomic mass is 16.5. The molecular weight excluding hydrogens is 298 g/mol. The van der Waals surface area contributed by atoms with E-state index in [9.17, 15) is 4.79 Å². The summed E-state index contributed by atoms with van der Waals surface area (Å²) < 4.78 is 5.01. The van der Waals surface area contributed by atoms with E-state index < -0.39 is 0 Å². The molecule has 4 rings (SSSR count). The van der Waals surface area contributed by atoms with Gasteiger partial charge in [0, 0.05) is 11.8 Å². The first kappa shape index (κ1) is 14.6. The molecule has 0 saturated heterocycles. The molecule has 0 N–H and O–H groups in total. The van der Waals surface area contributed by atoms with E-state index in [4.69, 9.17) is 4.74 Å². The number of benzene rings is 2. The van der Waals surface area contributed by atoms with Crippen molar-refractivity contribution in [2.24, 2.45) is 0 Å².